The van der Waals surface area contributed by atoms with Crippen LogP contribution in [0.5, 0.6) is 0 Å². The summed E-state index contributed by atoms with van der Waals surface area (Å²) in [6.07, 6.45) is 0.579. The van der Waals surface area contributed by atoms with E-state index >= 15 is 0 Å². The SMILES string of the molecule is NS(=O)(=O)CCNCC1(O)CCOC1. The number of ether oxygens (including phenoxy) is 1. The highest BCUT2D eigenvalue weighted by Crippen LogP contribution is 2.16. The first-order valence-corrected chi connectivity index (χ1v) is 6.14. The second-order valence-corrected chi connectivity index (χ2v) is 5.30. The summed E-state index contributed by atoms with van der Waals surface area (Å²) in [6, 6.07) is 0. The molecule has 0 spiro atoms. The van der Waals surface area contributed by atoms with E-state index in [1.54, 1.807) is 0 Å². The molecule has 0 bridgehead atoms. The summed E-state index contributed by atoms with van der Waals surface area (Å²) in [6.45, 7) is 1.44. The van der Waals surface area contributed by atoms with E-state index in [9.17, 15) is 13.5 Å². The quantitative estimate of drug-likeness (QED) is 0.470. The van der Waals surface area contributed by atoms with Crippen molar-refractivity contribution in [2.24, 2.45) is 5.14 Å². The van der Waals surface area contributed by atoms with Crippen LogP contribution in [0.4, 0.5) is 0 Å². The smallest absolute Gasteiger partial charge is 0.210 e. The lowest BCUT2D eigenvalue weighted by Gasteiger charge is -2.20. The van der Waals surface area contributed by atoms with Gasteiger partial charge in [0.05, 0.1) is 12.4 Å². The van der Waals surface area contributed by atoms with E-state index in [-0.39, 0.29) is 12.3 Å². The lowest BCUT2D eigenvalue weighted by molar-refractivity contribution is 0.0276. The molecule has 84 valence electrons. The summed E-state index contributed by atoms with van der Waals surface area (Å²) in [4.78, 5) is 0. The summed E-state index contributed by atoms with van der Waals surface area (Å²) in [5.74, 6) is -0.121. The summed E-state index contributed by atoms with van der Waals surface area (Å²) >= 11 is 0. The predicted octanol–water partition coefficient (Wildman–Crippen LogP) is -1.98. The van der Waals surface area contributed by atoms with E-state index < -0.39 is 15.6 Å². The van der Waals surface area contributed by atoms with Gasteiger partial charge < -0.3 is 15.2 Å². The van der Waals surface area contributed by atoms with Gasteiger partial charge in [-0.2, -0.15) is 0 Å². The Kier molecular flexibility index (Phi) is 3.85. The van der Waals surface area contributed by atoms with Crippen molar-refractivity contribution < 1.29 is 18.3 Å². The molecule has 4 N–H and O–H groups in total. The van der Waals surface area contributed by atoms with Crippen LogP contribution in [0, 0.1) is 0 Å². The molecule has 6 nitrogen and oxygen atoms in total. The van der Waals surface area contributed by atoms with Gasteiger partial charge in [0, 0.05) is 26.1 Å². The highest BCUT2D eigenvalue weighted by molar-refractivity contribution is 7.89. The Hall–Kier alpha value is -0.210. The van der Waals surface area contributed by atoms with Gasteiger partial charge in [0.25, 0.3) is 0 Å². The molecule has 1 rings (SSSR count). The first kappa shape index (κ1) is 11.9. The minimum atomic E-state index is -3.42. The zero-order valence-electron chi connectivity index (χ0n) is 7.90. The molecule has 0 amide bonds. The number of aliphatic hydroxyl groups is 1. The van der Waals surface area contributed by atoms with E-state index in [0.29, 0.717) is 26.2 Å². The molecule has 0 aromatic carbocycles. The van der Waals surface area contributed by atoms with E-state index in [4.69, 9.17) is 9.88 Å². The van der Waals surface area contributed by atoms with Crippen LogP contribution in [0.1, 0.15) is 6.42 Å². The van der Waals surface area contributed by atoms with E-state index in [1.165, 1.54) is 0 Å². The van der Waals surface area contributed by atoms with Crippen LogP contribution in [0.3, 0.4) is 0 Å². The van der Waals surface area contributed by atoms with Crippen LogP contribution in [-0.4, -0.2) is 51.2 Å². The molecule has 0 saturated carbocycles. The Morgan fingerprint density at radius 2 is 2.29 bits per heavy atom. The molecule has 1 heterocycles. The predicted molar refractivity (Wildman–Crippen MR) is 51.2 cm³/mol. The molecule has 1 aliphatic heterocycles. The second-order valence-electron chi connectivity index (χ2n) is 3.57. The lowest BCUT2D eigenvalue weighted by Crippen LogP contribution is -2.42. The van der Waals surface area contributed by atoms with Crippen molar-refractivity contribution in [2.45, 2.75) is 12.0 Å². The second kappa shape index (κ2) is 4.54. The van der Waals surface area contributed by atoms with Gasteiger partial charge in [-0.1, -0.05) is 0 Å². The van der Waals surface area contributed by atoms with Crippen molar-refractivity contribution in [1.82, 2.24) is 5.32 Å². The van der Waals surface area contributed by atoms with E-state index in [1.807, 2.05) is 0 Å². The zero-order valence-corrected chi connectivity index (χ0v) is 8.72. The van der Waals surface area contributed by atoms with Gasteiger partial charge in [-0.3, -0.25) is 0 Å². The minimum absolute atomic E-state index is 0.121. The summed E-state index contributed by atoms with van der Waals surface area (Å²) < 4.78 is 26.1. The Labute approximate surface area is 83.5 Å². The van der Waals surface area contributed by atoms with Crippen molar-refractivity contribution in [3.8, 4) is 0 Å². The van der Waals surface area contributed by atoms with Crippen molar-refractivity contribution in [3.63, 3.8) is 0 Å². The molecule has 14 heavy (non-hydrogen) atoms. The molecule has 1 atom stereocenters. The zero-order chi connectivity index (χ0) is 10.7. The third-order valence-electron chi connectivity index (χ3n) is 2.10. The highest BCUT2D eigenvalue weighted by Gasteiger charge is 2.31. The molecular weight excluding hydrogens is 208 g/mol. The Bertz CT molecular complexity index is 271. The number of primary sulfonamides is 1. The normalized spacial score (nSPS) is 28.1. The van der Waals surface area contributed by atoms with Crippen LogP contribution in [0.2, 0.25) is 0 Å². The number of rotatable bonds is 5. The number of nitrogens with two attached hydrogens (primary N) is 1. The van der Waals surface area contributed by atoms with Gasteiger partial charge in [0.15, 0.2) is 0 Å². The third kappa shape index (κ3) is 4.34. The van der Waals surface area contributed by atoms with Gasteiger partial charge in [-0.05, 0) is 0 Å². The lowest BCUT2D eigenvalue weighted by atomic mass is 10.0. The first-order valence-electron chi connectivity index (χ1n) is 4.43. The fourth-order valence-electron chi connectivity index (χ4n) is 1.27. The molecule has 0 aromatic heterocycles. The van der Waals surface area contributed by atoms with Crippen molar-refractivity contribution >= 4 is 10.0 Å². The molecule has 0 aromatic rings. The van der Waals surface area contributed by atoms with Crippen LogP contribution in [0.25, 0.3) is 0 Å². The van der Waals surface area contributed by atoms with Gasteiger partial charge in [-0.25, -0.2) is 13.6 Å². The molecule has 1 unspecified atom stereocenters. The monoisotopic (exact) mass is 224 g/mol. The molecule has 0 aliphatic carbocycles. The maximum absolute atomic E-state index is 10.6. The van der Waals surface area contributed by atoms with Crippen molar-refractivity contribution in [2.75, 3.05) is 32.1 Å². The highest BCUT2D eigenvalue weighted by atomic mass is 32.2. The third-order valence-corrected chi connectivity index (χ3v) is 2.87. The largest absolute Gasteiger partial charge is 0.386 e. The van der Waals surface area contributed by atoms with E-state index in [0.717, 1.165) is 0 Å². The van der Waals surface area contributed by atoms with Gasteiger partial charge >= 0.3 is 0 Å². The topological polar surface area (TPSA) is 102 Å². The van der Waals surface area contributed by atoms with Crippen molar-refractivity contribution in [1.29, 1.82) is 0 Å². The van der Waals surface area contributed by atoms with Crippen molar-refractivity contribution in [3.05, 3.63) is 0 Å². The van der Waals surface area contributed by atoms with Gasteiger partial charge in [-0.15, -0.1) is 0 Å². The Balaban J connectivity index is 2.15. The van der Waals surface area contributed by atoms with Crippen LogP contribution < -0.4 is 10.5 Å². The van der Waals surface area contributed by atoms with Gasteiger partial charge in [0.2, 0.25) is 10.0 Å². The summed E-state index contributed by atoms with van der Waals surface area (Å²) in [5, 5.41) is 17.4. The standard InChI is InChI=1S/C7H16N2O4S/c8-14(11,12)4-2-9-5-7(10)1-3-13-6-7/h9-10H,1-6H2,(H2,8,11,12). The number of hydrogen-bond acceptors (Lipinski definition) is 5. The maximum atomic E-state index is 10.6. The molecule has 0 radical (unpaired) electrons. The minimum Gasteiger partial charge on any atom is -0.386 e. The van der Waals surface area contributed by atoms with Crippen LogP contribution >= 0.6 is 0 Å². The number of hydrogen-bond donors (Lipinski definition) is 3. The molecule has 7 heteroatoms. The van der Waals surface area contributed by atoms with Gasteiger partial charge in [0.1, 0.15) is 5.60 Å². The first-order chi connectivity index (χ1) is 6.41. The summed E-state index contributed by atoms with van der Waals surface area (Å²) in [7, 11) is -3.42. The number of sulfonamides is 1. The molecule has 1 fully saturated rings. The average molecular weight is 224 g/mol. The maximum Gasteiger partial charge on any atom is 0.210 e. The molecule has 1 saturated heterocycles. The fraction of sp³-hybridized carbons (Fsp3) is 1.00. The average Bonchev–Trinajstić information content (AvgIpc) is 2.45. The van der Waals surface area contributed by atoms with Crippen LogP contribution in [0.15, 0.2) is 0 Å². The van der Waals surface area contributed by atoms with Crippen LogP contribution in [-0.2, 0) is 14.8 Å². The fourth-order valence-corrected chi connectivity index (χ4v) is 1.70. The Morgan fingerprint density at radius 3 is 2.79 bits per heavy atom. The molecule has 1 aliphatic rings. The number of nitrogens with one attached hydrogen (secondary N) is 1. The molecular formula is C7H16N2O4S. The summed E-state index contributed by atoms with van der Waals surface area (Å²) in [5.41, 5.74) is -0.849. The van der Waals surface area contributed by atoms with E-state index in [2.05, 4.69) is 5.32 Å². The Morgan fingerprint density at radius 1 is 1.57 bits per heavy atom.